The summed E-state index contributed by atoms with van der Waals surface area (Å²) in [5.74, 6) is 0.624. The van der Waals surface area contributed by atoms with Crippen LogP contribution in [0.1, 0.15) is 70.6 Å². The second kappa shape index (κ2) is 6.80. The van der Waals surface area contributed by atoms with Crippen molar-refractivity contribution in [3.05, 3.63) is 0 Å². The lowest BCUT2D eigenvalue weighted by atomic mass is 9.91. The smallest absolute Gasteiger partial charge is 0.278 e. The molecule has 0 atom stereocenters. The first kappa shape index (κ1) is 15.5. The van der Waals surface area contributed by atoms with Crippen molar-refractivity contribution in [1.29, 1.82) is 0 Å². The van der Waals surface area contributed by atoms with Gasteiger partial charge in [0.25, 0.3) is 0 Å². The minimum atomic E-state index is -0.101. The molecule has 0 spiro atoms. The minimum Gasteiger partial charge on any atom is -0.278 e. The van der Waals surface area contributed by atoms with E-state index in [1.54, 1.807) is 11.9 Å². The molecule has 0 aromatic heterocycles. The number of urea groups is 1. The predicted molar refractivity (Wildman–Crippen MR) is 85.8 cm³/mol. The van der Waals surface area contributed by atoms with Gasteiger partial charge in [0.05, 0.1) is 6.42 Å². The molecule has 5 heteroatoms. The number of rotatable bonds is 2. The van der Waals surface area contributed by atoms with Gasteiger partial charge in [-0.3, -0.25) is 19.6 Å². The fraction of sp³-hybridized carbons (Fsp3) is 0.824. The van der Waals surface area contributed by atoms with Crippen LogP contribution in [0.25, 0.3) is 0 Å². The highest BCUT2D eigenvalue weighted by atomic mass is 16.2. The van der Waals surface area contributed by atoms with E-state index in [0.717, 1.165) is 38.5 Å². The lowest BCUT2D eigenvalue weighted by Crippen LogP contribution is -2.61. The van der Waals surface area contributed by atoms with Crippen LogP contribution in [-0.2, 0) is 4.79 Å². The van der Waals surface area contributed by atoms with Gasteiger partial charge in [-0.15, -0.1) is 0 Å². The molecule has 3 amide bonds. The van der Waals surface area contributed by atoms with Gasteiger partial charge in [-0.2, -0.15) is 0 Å². The summed E-state index contributed by atoms with van der Waals surface area (Å²) in [4.78, 5) is 33.2. The van der Waals surface area contributed by atoms with E-state index >= 15 is 0 Å². The SMILES string of the molecule is CN=C1CC(=O)N(C2CCCCC2)C(=O)N1C1CCCCC1. The van der Waals surface area contributed by atoms with E-state index in [0.29, 0.717) is 5.84 Å². The van der Waals surface area contributed by atoms with Crippen LogP contribution in [0, 0.1) is 0 Å². The Kier molecular flexibility index (Phi) is 4.79. The molecule has 0 unspecified atom stereocenters. The Morgan fingerprint density at radius 3 is 1.82 bits per heavy atom. The normalized spacial score (nSPS) is 27.8. The molecule has 0 aromatic carbocycles. The first-order valence-corrected chi connectivity index (χ1v) is 8.83. The summed E-state index contributed by atoms with van der Waals surface area (Å²) in [5.41, 5.74) is 0. The van der Waals surface area contributed by atoms with E-state index in [1.165, 1.54) is 25.7 Å². The summed E-state index contributed by atoms with van der Waals surface area (Å²) in [6, 6.07) is 0.244. The second-order valence-corrected chi connectivity index (χ2v) is 6.82. The van der Waals surface area contributed by atoms with Crippen LogP contribution >= 0.6 is 0 Å². The molecule has 0 radical (unpaired) electrons. The van der Waals surface area contributed by atoms with E-state index in [4.69, 9.17) is 0 Å². The van der Waals surface area contributed by atoms with Crippen LogP contribution in [0.3, 0.4) is 0 Å². The Balaban J connectivity index is 1.83. The van der Waals surface area contributed by atoms with E-state index in [1.807, 2.05) is 4.90 Å². The van der Waals surface area contributed by atoms with Gasteiger partial charge in [0.1, 0.15) is 5.84 Å². The molecule has 3 aliphatic rings. The van der Waals surface area contributed by atoms with Crippen molar-refractivity contribution >= 4 is 17.8 Å². The maximum Gasteiger partial charge on any atom is 0.332 e. The van der Waals surface area contributed by atoms with Gasteiger partial charge in [0.2, 0.25) is 5.91 Å². The molecule has 0 bridgehead atoms. The van der Waals surface area contributed by atoms with Gasteiger partial charge in [-0.05, 0) is 25.7 Å². The number of hydrogen-bond acceptors (Lipinski definition) is 3. The Morgan fingerprint density at radius 1 is 0.818 bits per heavy atom. The summed E-state index contributed by atoms with van der Waals surface area (Å²) in [6.45, 7) is 0. The van der Waals surface area contributed by atoms with Gasteiger partial charge in [-0.1, -0.05) is 38.5 Å². The first-order chi connectivity index (χ1) is 10.7. The van der Waals surface area contributed by atoms with Crippen molar-refractivity contribution in [2.45, 2.75) is 82.7 Å². The third-order valence-electron chi connectivity index (χ3n) is 5.41. The van der Waals surface area contributed by atoms with Crippen molar-refractivity contribution < 1.29 is 9.59 Å². The van der Waals surface area contributed by atoms with Crippen LogP contribution in [0.2, 0.25) is 0 Å². The third kappa shape index (κ3) is 2.90. The highest BCUT2D eigenvalue weighted by Crippen LogP contribution is 2.31. The van der Waals surface area contributed by atoms with Crippen molar-refractivity contribution in [2.24, 2.45) is 4.99 Å². The minimum absolute atomic E-state index is 0.0513. The summed E-state index contributed by atoms with van der Waals surface area (Å²) >= 11 is 0. The molecule has 5 nitrogen and oxygen atoms in total. The maximum absolute atomic E-state index is 13.1. The molecule has 122 valence electrons. The van der Waals surface area contributed by atoms with Crippen LogP contribution in [0.4, 0.5) is 4.79 Å². The van der Waals surface area contributed by atoms with Crippen molar-refractivity contribution in [2.75, 3.05) is 7.05 Å². The molecule has 1 aliphatic heterocycles. The fourth-order valence-corrected chi connectivity index (χ4v) is 4.23. The number of amidine groups is 1. The van der Waals surface area contributed by atoms with Gasteiger partial charge >= 0.3 is 6.03 Å². The average Bonchev–Trinajstić information content (AvgIpc) is 2.56. The van der Waals surface area contributed by atoms with Crippen LogP contribution in [0.15, 0.2) is 4.99 Å². The fourth-order valence-electron chi connectivity index (χ4n) is 4.23. The average molecular weight is 305 g/mol. The number of hydrogen-bond donors (Lipinski definition) is 0. The quantitative estimate of drug-likeness (QED) is 0.785. The number of carbonyl (C=O) groups excluding carboxylic acids is 2. The topological polar surface area (TPSA) is 53.0 Å². The molecule has 3 rings (SSSR count). The summed E-state index contributed by atoms with van der Waals surface area (Å²) in [7, 11) is 1.70. The van der Waals surface area contributed by atoms with Gasteiger partial charge in [-0.25, -0.2) is 4.79 Å². The second-order valence-electron chi connectivity index (χ2n) is 6.82. The van der Waals surface area contributed by atoms with Crippen molar-refractivity contribution in [3.63, 3.8) is 0 Å². The van der Waals surface area contributed by atoms with E-state index < -0.39 is 0 Å². The third-order valence-corrected chi connectivity index (χ3v) is 5.41. The van der Waals surface area contributed by atoms with Crippen LogP contribution in [0.5, 0.6) is 0 Å². The first-order valence-electron chi connectivity index (χ1n) is 8.83. The Hall–Kier alpha value is -1.39. The maximum atomic E-state index is 13.1. The standard InChI is InChI=1S/C17H27N3O2/c1-18-15-12-16(21)20(14-10-6-3-7-11-14)17(22)19(15)13-8-4-2-5-9-13/h13-14H,2-12H2,1H3. The van der Waals surface area contributed by atoms with Gasteiger partial charge < -0.3 is 0 Å². The summed E-state index contributed by atoms with van der Waals surface area (Å²) in [6.07, 6.45) is 11.4. The zero-order valence-electron chi connectivity index (χ0n) is 13.6. The number of amides is 3. The lowest BCUT2D eigenvalue weighted by Gasteiger charge is -2.44. The number of nitrogens with zero attached hydrogens (tertiary/aromatic N) is 3. The number of aliphatic imine (C=N–C) groups is 1. The molecule has 1 saturated heterocycles. The molecule has 2 aliphatic carbocycles. The van der Waals surface area contributed by atoms with E-state index in [-0.39, 0.29) is 30.4 Å². The lowest BCUT2D eigenvalue weighted by molar-refractivity contribution is -0.131. The number of imide groups is 1. The van der Waals surface area contributed by atoms with Crippen LogP contribution in [-0.4, -0.2) is 46.7 Å². The molecular weight excluding hydrogens is 278 g/mol. The Labute approximate surface area is 132 Å². The van der Waals surface area contributed by atoms with Crippen LogP contribution < -0.4 is 0 Å². The van der Waals surface area contributed by atoms with Gasteiger partial charge in [0.15, 0.2) is 0 Å². The molecule has 3 fully saturated rings. The molecule has 1 heterocycles. The van der Waals surface area contributed by atoms with Crippen molar-refractivity contribution in [3.8, 4) is 0 Å². The predicted octanol–water partition coefficient (Wildman–Crippen LogP) is 3.33. The monoisotopic (exact) mass is 305 g/mol. The molecular formula is C17H27N3O2. The van der Waals surface area contributed by atoms with Crippen molar-refractivity contribution in [1.82, 2.24) is 9.80 Å². The molecule has 0 N–H and O–H groups in total. The zero-order chi connectivity index (χ0) is 15.5. The number of carbonyl (C=O) groups is 2. The molecule has 0 aromatic rings. The highest BCUT2D eigenvalue weighted by Gasteiger charge is 2.43. The molecule has 2 saturated carbocycles. The summed E-state index contributed by atoms with van der Waals surface area (Å²) < 4.78 is 0. The summed E-state index contributed by atoms with van der Waals surface area (Å²) in [5, 5.41) is 0. The zero-order valence-corrected chi connectivity index (χ0v) is 13.6. The molecule has 22 heavy (non-hydrogen) atoms. The Morgan fingerprint density at radius 2 is 1.32 bits per heavy atom. The Bertz CT molecular complexity index is 463. The highest BCUT2D eigenvalue weighted by molar-refractivity contribution is 6.16. The van der Waals surface area contributed by atoms with E-state index in [2.05, 4.69) is 4.99 Å². The van der Waals surface area contributed by atoms with E-state index in [9.17, 15) is 9.59 Å². The largest absolute Gasteiger partial charge is 0.332 e. The van der Waals surface area contributed by atoms with Gasteiger partial charge in [0, 0.05) is 19.1 Å².